The van der Waals surface area contributed by atoms with Crippen molar-refractivity contribution in [2.45, 2.75) is 40.3 Å². The fourth-order valence-corrected chi connectivity index (χ4v) is 20.6. The van der Waals surface area contributed by atoms with Crippen LogP contribution in [-0.4, -0.2) is 82.1 Å². The Kier molecular flexibility index (Phi) is 31.1. The molecule has 13 rings (SSSR count). The third-order valence-corrected chi connectivity index (χ3v) is 26.9. The number of para-hydroxylation sites is 2. The predicted molar refractivity (Wildman–Crippen MR) is 401 cm³/mol. The molecule has 502 valence electrons. The molecule has 0 fully saturated rings. The van der Waals surface area contributed by atoms with Gasteiger partial charge in [-0.05, 0) is 151 Å². The van der Waals surface area contributed by atoms with E-state index < -0.39 is 7.12 Å². The number of rotatable bonds is 17. The number of aldehydes is 2. The first-order chi connectivity index (χ1) is 46.0. The van der Waals surface area contributed by atoms with Crippen LogP contribution in [-0.2, 0) is 43.3 Å². The molecule has 0 aliphatic heterocycles. The summed E-state index contributed by atoms with van der Waals surface area (Å²) in [5.41, 5.74) is 3.52. The molecule has 11 aromatic heterocycles. The molecule has 0 amide bonds. The molecule has 29 heteroatoms. The number of thiazole rings is 2. The van der Waals surface area contributed by atoms with E-state index in [9.17, 15) is 28.8 Å². The van der Waals surface area contributed by atoms with Crippen LogP contribution < -0.4 is 61.9 Å². The van der Waals surface area contributed by atoms with Crippen molar-refractivity contribution in [3.8, 4) is 48.8 Å². The van der Waals surface area contributed by atoms with Gasteiger partial charge in [-0.25, -0.2) is 14.4 Å². The lowest BCUT2D eigenvalue weighted by Crippen LogP contribution is -3.00. The zero-order valence-corrected chi connectivity index (χ0v) is 67.3. The molecule has 13 aromatic rings. The highest BCUT2D eigenvalue weighted by atomic mass is 127. The average Bonchev–Trinajstić information content (AvgIpc) is 1.67. The molecule has 0 bridgehead atoms. The van der Waals surface area contributed by atoms with Crippen molar-refractivity contribution in [3.63, 3.8) is 0 Å². The first-order valence-electron chi connectivity index (χ1n) is 28.6. The Balaban J connectivity index is 0.000000187. The van der Waals surface area contributed by atoms with Gasteiger partial charge in [0.15, 0.2) is 12.6 Å². The number of nitrogens with zero attached hydrogens (tertiary/aromatic N) is 2. The number of carbonyl (C=O) groups is 6. The average molecular weight is 1790 g/mol. The van der Waals surface area contributed by atoms with Crippen molar-refractivity contribution in [2.24, 2.45) is 0 Å². The van der Waals surface area contributed by atoms with E-state index in [0.29, 0.717) is 30.6 Å². The van der Waals surface area contributed by atoms with E-state index in [2.05, 4.69) is 129 Å². The van der Waals surface area contributed by atoms with Crippen LogP contribution in [0.25, 0.3) is 81.4 Å². The third kappa shape index (κ3) is 20.6. The fraction of sp³-hybridized carbons (Fsp3) is 0.147. The Hall–Kier alpha value is -5.60. The van der Waals surface area contributed by atoms with Crippen molar-refractivity contribution in [1.29, 1.82) is 0 Å². The number of halogens is 3. The molecule has 0 radical (unpaired) electrons. The molecule has 14 nitrogen and oxygen atoms in total. The standard InChI is InChI=1S/C28H24NO4S4.C15H10O3S3.C10H7BrO2S2.C10H12NS.C5H5BO3S.2HI/c1-4-29-19-7-5-6-8-20(19)36-25(29)14-10-18-9-11-21(34-18)24-15-17(16-26(30)32-2)27(37-24)22-12-13-23(35-22)28(31)33-3;1-18-15(17)14-7-6-13(21-14)12-5-4-11(20-12)10-3-2-9(8-16)19-10;1-13-10(12)8-3-2-6(14-8)7-4-5-9(11)15-7;1-3-11-8(2)12-10-7-5-4-6-9(10)11;7-3-4-1-2-5(10-4)6(8)9;;/h5-15H,4,16H2,1-3H3;2-8H,1H3;2-5H,1H3;4-7H,3H2,1-2H3;1-3,8-9H;2*1H/q+1;;;+1;;;/p-2/b14-10+;;;;;;. The zero-order valence-electron chi connectivity index (χ0n) is 52.4. The molecule has 0 aliphatic rings. The second-order valence-electron chi connectivity index (χ2n) is 19.5. The van der Waals surface area contributed by atoms with Crippen LogP contribution >= 0.6 is 141 Å². The normalized spacial score (nSPS) is 10.5. The van der Waals surface area contributed by atoms with Gasteiger partial charge in [-0.1, -0.05) is 53.0 Å². The SMILES string of the molecule is CC[n+]1c(/C=C/c2ccc(-c3cc(CC(=O)OC)c(-c4ccc(C(=O)OC)s4)s3)s2)sc2ccccc21.CC[n+]1c(C)sc2ccccc21.COC(=O)c1ccc(-c2ccc(-c3ccc(C=O)s3)s2)s1.COC(=O)c1ccc(-c2ccc(Br)s2)s1.O=Cc1ccc(B(O)O)s1.[I-].[I-]. The Labute approximate surface area is 646 Å². The third-order valence-electron chi connectivity index (χ3n) is 13.6. The lowest BCUT2D eigenvalue weighted by Gasteiger charge is -2.00. The topological polar surface area (TPSA) is 188 Å². The number of hydrogen-bond donors (Lipinski definition) is 2. The van der Waals surface area contributed by atoms with Crippen LogP contribution in [0.3, 0.4) is 0 Å². The van der Waals surface area contributed by atoms with Gasteiger partial charge in [-0.15, -0.1) is 102 Å². The first kappa shape index (κ1) is 78.7. The van der Waals surface area contributed by atoms with E-state index in [4.69, 9.17) is 24.3 Å². The highest BCUT2D eigenvalue weighted by Gasteiger charge is 2.22. The molecule has 0 saturated heterocycles. The summed E-state index contributed by atoms with van der Waals surface area (Å²) in [4.78, 5) is 82.5. The first-order valence-corrected chi connectivity index (χ1v) is 38.4. The molecule has 0 saturated carbocycles. The second kappa shape index (κ2) is 38.3. The second-order valence-corrected chi connectivity index (χ2v) is 33.0. The molecular formula is C68H58BBrI2N2O12S11. The van der Waals surface area contributed by atoms with Gasteiger partial charge in [0, 0.05) is 83.6 Å². The number of benzene rings is 2. The minimum absolute atomic E-state index is 0. The highest BCUT2D eigenvalue weighted by molar-refractivity contribution is 9.11. The summed E-state index contributed by atoms with van der Waals surface area (Å²) in [5.74, 6) is -1.24. The summed E-state index contributed by atoms with van der Waals surface area (Å²) < 4.78 is 28.0. The Bertz CT molecular complexity index is 4820. The summed E-state index contributed by atoms with van der Waals surface area (Å²) in [7, 11) is 4.08. The molecule has 2 aromatic carbocycles. The number of methoxy groups -OCH3 is 4. The molecule has 0 spiro atoms. The summed E-state index contributed by atoms with van der Waals surface area (Å²) in [6.45, 7) is 8.51. The quantitative estimate of drug-likeness (QED) is 0.0220. The van der Waals surface area contributed by atoms with Gasteiger partial charge >= 0.3 is 31.0 Å². The maximum Gasteiger partial charge on any atom is 0.499 e. The van der Waals surface area contributed by atoms with Gasteiger partial charge in [-0.2, -0.15) is 9.13 Å². The van der Waals surface area contributed by atoms with E-state index in [1.165, 1.54) is 110 Å². The van der Waals surface area contributed by atoms with E-state index >= 15 is 0 Å². The van der Waals surface area contributed by atoms with Gasteiger partial charge in [-0.3, -0.25) is 14.4 Å². The van der Waals surface area contributed by atoms with Crippen LogP contribution in [0.4, 0.5) is 0 Å². The van der Waals surface area contributed by atoms with Crippen molar-refractivity contribution in [1.82, 2.24) is 0 Å². The van der Waals surface area contributed by atoms with Crippen LogP contribution in [0.5, 0.6) is 0 Å². The summed E-state index contributed by atoms with van der Waals surface area (Å²) in [6, 6.07) is 49.4. The molecule has 11 heterocycles. The maximum atomic E-state index is 12.1. The molecule has 0 unspecified atom stereocenters. The molecule has 2 N–H and O–H groups in total. The van der Waals surface area contributed by atoms with Crippen molar-refractivity contribution >= 4 is 222 Å². The number of carbonyl (C=O) groups excluding carboxylic acids is 6. The number of aromatic nitrogens is 2. The molecular weight excluding hydrogens is 1730 g/mol. The van der Waals surface area contributed by atoms with E-state index in [-0.39, 0.29) is 78.3 Å². The van der Waals surface area contributed by atoms with Gasteiger partial charge in [0.25, 0.3) is 5.01 Å². The molecule has 0 atom stereocenters. The van der Waals surface area contributed by atoms with Crippen molar-refractivity contribution in [2.75, 3.05) is 28.4 Å². The highest BCUT2D eigenvalue weighted by Crippen LogP contribution is 2.44. The van der Waals surface area contributed by atoms with E-state index in [1.54, 1.807) is 80.9 Å². The molecule has 97 heavy (non-hydrogen) atoms. The van der Waals surface area contributed by atoms with Gasteiger partial charge in [0.2, 0.25) is 16.0 Å². The van der Waals surface area contributed by atoms with E-state index in [1.807, 2.05) is 65.9 Å². The number of ether oxygens (including phenoxy) is 4. The van der Waals surface area contributed by atoms with Crippen molar-refractivity contribution < 1.29 is 115 Å². The number of esters is 4. The number of thiophene rings is 9. The Morgan fingerprint density at radius 1 is 0.464 bits per heavy atom. The number of fused-ring (bicyclic) bond motifs is 2. The lowest BCUT2D eigenvalue weighted by molar-refractivity contribution is -0.669. The molecule has 0 aliphatic carbocycles. The minimum Gasteiger partial charge on any atom is -1.00 e. The van der Waals surface area contributed by atoms with Crippen LogP contribution in [0.15, 0.2) is 155 Å². The van der Waals surface area contributed by atoms with Crippen molar-refractivity contribution in [3.05, 3.63) is 200 Å². The van der Waals surface area contributed by atoms with Crippen LogP contribution in [0.1, 0.15) is 82.7 Å². The minimum atomic E-state index is -1.46. The number of hydrogen-bond acceptors (Lipinski definition) is 23. The summed E-state index contributed by atoms with van der Waals surface area (Å²) in [6.07, 6.45) is 6.07. The Morgan fingerprint density at radius 3 is 1.41 bits per heavy atom. The van der Waals surface area contributed by atoms with Gasteiger partial charge in [0.05, 0.1) is 48.4 Å². The van der Waals surface area contributed by atoms with Crippen LogP contribution in [0.2, 0.25) is 0 Å². The van der Waals surface area contributed by atoms with Gasteiger partial charge in [0.1, 0.15) is 37.1 Å². The zero-order chi connectivity index (χ0) is 67.7. The summed E-state index contributed by atoms with van der Waals surface area (Å²) in [5, 5.41) is 19.8. The largest absolute Gasteiger partial charge is 1.00 e. The number of aryl methyl sites for hydroxylation is 3. The lowest BCUT2D eigenvalue weighted by atomic mass is 9.90. The maximum absolute atomic E-state index is 12.1. The Morgan fingerprint density at radius 2 is 0.907 bits per heavy atom. The van der Waals surface area contributed by atoms with Gasteiger partial charge < -0.3 is 76.9 Å². The van der Waals surface area contributed by atoms with Crippen LogP contribution in [0, 0.1) is 6.92 Å². The monoisotopic (exact) mass is 1790 g/mol. The summed E-state index contributed by atoms with van der Waals surface area (Å²) >= 11 is 20.5. The fourth-order valence-electron chi connectivity index (χ4n) is 9.09. The predicted octanol–water partition coefficient (Wildman–Crippen LogP) is 12.0. The van der Waals surface area contributed by atoms with E-state index in [0.717, 1.165) is 98.6 Å². The smallest absolute Gasteiger partial charge is 0.499 e.